The maximum atomic E-state index is 12.7. The third kappa shape index (κ3) is 3.07. The Morgan fingerprint density at radius 1 is 1.38 bits per heavy atom. The van der Waals surface area contributed by atoms with E-state index < -0.39 is 0 Å². The van der Waals surface area contributed by atoms with Crippen LogP contribution in [0.1, 0.15) is 29.6 Å². The third-order valence-electron chi connectivity index (χ3n) is 4.49. The van der Waals surface area contributed by atoms with Gasteiger partial charge in [0.2, 0.25) is 0 Å². The predicted molar refractivity (Wildman–Crippen MR) is 80.4 cm³/mol. The number of rotatable bonds is 2. The third-order valence-corrected chi connectivity index (χ3v) is 4.72. The van der Waals surface area contributed by atoms with Crippen LogP contribution >= 0.6 is 11.6 Å². The van der Waals surface area contributed by atoms with Crippen LogP contribution in [0.4, 0.5) is 0 Å². The van der Waals surface area contributed by atoms with Crippen molar-refractivity contribution < 1.29 is 14.6 Å². The van der Waals surface area contributed by atoms with E-state index in [0.29, 0.717) is 30.2 Å². The SMILES string of the molecule is O=C(c1cccc(Cl)c1)N1CCC[C@@H]1[C@H]1COCC[C@@H]1O. The Hall–Kier alpha value is -1.10. The van der Waals surface area contributed by atoms with E-state index in [1.807, 2.05) is 4.90 Å². The molecule has 2 aliphatic rings. The minimum Gasteiger partial charge on any atom is -0.393 e. The van der Waals surface area contributed by atoms with E-state index in [4.69, 9.17) is 16.3 Å². The van der Waals surface area contributed by atoms with Crippen LogP contribution in [0.25, 0.3) is 0 Å². The lowest BCUT2D eigenvalue weighted by molar-refractivity contribution is -0.0589. The Bertz CT molecular complexity index is 522. The first-order valence-corrected chi connectivity index (χ1v) is 7.87. The highest BCUT2D eigenvalue weighted by atomic mass is 35.5. The molecule has 3 atom stereocenters. The Morgan fingerprint density at radius 2 is 2.24 bits per heavy atom. The maximum Gasteiger partial charge on any atom is 0.254 e. The van der Waals surface area contributed by atoms with Crippen molar-refractivity contribution in [1.82, 2.24) is 4.90 Å². The summed E-state index contributed by atoms with van der Waals surface area (Å²) in [6.07, 6.45) is 2.18. The van der Waals surface area contributed by atoms with Crippen molar-refractivity contribution in [2.75, 3.05) is 19.8 Å². The number of carbonyl (C=O) groups excluding carboxylic acids is 1. The van der Waals surface area contributed by atoms with E-state index in [2.05, 4.69) is 0 Å². The van der Waals surface area contributed by atoms with E-state index in [1.165, 1.54) is 0 Å². The number of hydrogen-bond acceptors (Lipinski definition) is 3. The molecule has 2 fully saturated rings. The molecule has 3 rings (SSSR count). The zero-order valence-corrected chi connectivity index (χ0v) is 12.6. The zero-order chi connectivity index (χ0) is 14.8. The van der Waals surface area contributed by atoms with Crippen LogP contribution < -0.4 is 0 Å². The highest BCUT2D eigenvalue weighted by Crippen LogP contribution is 2.31. The van der Waals surface area contributed by atoms with Gasteiger partial charge in [0.25, 0.3) is 5.91 Å². The summed E-state index contributed by atoms with van der Waals surface area (Å²) in [7, 11) is 0. The molecule has 0 radical (unpaired) electrons. The Labute approximate surface area is 129 Å². The molecule has 1 aromatic rings. The van der Waals surface area contributed by atoms with Crippen LogP contribution in [0, 0.1) is 5.92 Å². The maximum absolute atomic E-state index is 12.7. The fourth-order valence-electron chi connectivity index (χ4n) is 3.39. The highest BCUT2D eigenvalue weighted by Gasteiger charge is 2.39. The number of amides is 1. The largest absolute Gasteiger partial charge is 0.393 e. The first-order chi connectivity index (χ1) is 10.2. The summed E-state index contributed by atoms with van der Waals surface area (Å²) < 4.78 is 5.50. The molecule has 114 valence electrons. The molecule has 2 aliphatic heterocycles. The number of nitrogens with zero attached hydrogens (tertiary/aromatic N) is 1. The number of hydrogen-bond donors (Lipinski definition) is 1. The van der Waals surface area contributed by atoms with Gasteiger partial charge in [0.05, 0.1) is 12.7 Å². The predicted octanol–water partition coefficient (Wildman–Crippen LogP) is 2.34. The van der Waals surface area contributed by atoms with Gasteiger partial charge in [0, 0.05) is 35.7 Å². The minimum atomic E-state index is -0.378. The molecule has 1 amide bonds. The van der Waals surface area contributed by atoms with E-state index in [-0.39, 0.29) is 24.0 Å². The van der Waals surface area contributed by atoms with Gasteiger partial charge in [-0.3, -0.25) is 4.79 Å². The molecule has 0 spiro atoms. The fourth-order valence-corrected chi connectivity index (χ4v) is 3.58. The Balaban J connectivity index is 1.78. The minimum absolute atomic E-state index is 0.00206. The molecule has 21 heavy (non-hydrogen) atoms. The monoisotopic (exact) mass is 309 g/mol. The van der Waals surface area contributed by atoms with E-state index in [0.717, 1.165) is 19.4 Å². The lowest BCUT2D eigenvalue weighted by atomic mass is 9.89. The second-order valence-electron chi connectivity index (χ2n) is 5.81. The molecule has 1 aromatic carbocycles. The lowest BCUT2D eigenvalue weighted by Crippen LogP contribution is -2.48. The average molecular weight is 310 g/mol. The first-order valence-electron chi connectivity index (χ1n) is 7.49. The molecule has 0 bridgehead atoms. The molecule has 0 aromatic heterocycles. The summed E-state index contributed by atoms with van der Waals surface area (Å²) >= 11 is 5.97. The van der Waals surface area contributed by atoms with Crippen molar-refractivity contribution in [1.29, 1.82) is 0 Å². The zero-order valence-electron chi connectivity index (χ0n) is 11.9. The van der Waals surface area contributed by atoms with Crippen molar-refractivity contribution >= 4 is 17.5 Å². The van der Waals surface area contributed by atoms with E-state index >= 15 is 0 Å². The first kappa shape index (κ1) is 14.8. The number of carbonyl (C=O) groups is 1. The summed E-state index contributed by atoms with van der Waals surface area (Å²) in [4.78, 5) is 14.6. The molecule has 2 saturated heterocycles. The highest BCUT2D eigenvalue weighted by molar-refractivity contribution is 6.30. The van der Waals surface area contributed by atoms with Crippen LogP contribution in [-0.4, -0.2) is 47.8 Å². The molecular weight excluding hydrogens is 290 g/mol. The van der Waals surface area contributed by atoms with Crippen molar-refractivity contribution in [3.05, 3.63) is 34.9 Å². The second kappa shape index (κ2) is 6.34. The number of benzene rings is 1. The topological polar surface area (TPSA) is 49.8 Å². The van der Waals surface area contributed by atoms with Crippen molar-refractivity contribution in [3.8, 4) is 0 Å². The summed E-state index contributed by atoms with van der Waals surface area (Å²) in [5.74, 6) is 0.0159. The quantitative estimate of drug-likeness (QED) is 0.912. The molecule has 0 unspecified atom stereocenters. The Kier molecular flexibility index (Phi) is 4.48. The molecule has 1 N–H and O–H groups in total. The van der Waals surface area contributed by atoms with Gasteiger partial charge in [-0.15, -0.1) is 0 Å². The van der Waals surface area contributed by atoms with E-state index in [1.54, 1.807) is 24.3 Å². The molecular formula is C16H20ClNO3. The lowest BCUT2D eigenvalue weighted by Gasteiger charge is -2.37. The average Bonchev–Trinajstić information content (AvgIpc) is 2.96. The van der Waals surface area contributed by atoms with Gasteiger partial charge < -0.3 is 14.7 Å². The van der Waals surface area contributed by atoms with Crippen molar-refractivity contribution in [2.45, 2.75) is 31.4 Å². The normalized spacial score (nSPS) is 29.6. The van der Waals surface area contributed by atoms with Crippen molar-refractivity contribution in [3.63, 3.8) is 0 Å². The van der Waals surface area contributed by atoms with Crippen LogP contribution in [-0.2, 0) is 4.74 Å². The van der Waals surface area contributed by atoms with Gasteiger partial charge in [0.15, 0.2) is 0 Å². The standard InChI is InChI=1S/C16H20ClNO3/c17-12-4-1-3-11(9-12)16(20)18-7-2-5-14(18)13-10-21-8-6-15(13)19/h1,3-4,9,13-15,19H,2,5-8,10H2/t13-,14-,15+/m1/s1. The molecule has 0 aliphatic carbocycles. The second-order valence-corrected chi connectivity index (χ2v) is 6.25. The van der Waals surface area contributed by atoms with Crippen LogP contribution in [0.5, 0.6) is 0 Å². The number of likely N-dealkylation sites (tertiary alicyclic amines) is 1. The van der Waals surface area contributed by atoms with E-state index in [9.17, 15) is 9.90 Å². The van der Waals surface area contributed by atoms with Gasteiger partial charge in [-0.2, -0.15) is 0 Å². The van der Waals surface area contributed by atoms with Gasteiger partial charge in [0.1, 0.15) is 0 Å². The summed E-state index contributed by atoms with van der Waals surface area (Å²) in [5, 5.41) is 10.8. The molecule has 0 saturated carbocycles. The van der Waals surface area contributed by atoms with Gasteiger partial charge in [-0.25, -0.2) is 0 Å². The van der Waals surface area contributed by atoms with Gasteiger partial charge in [-0.1, -0.05) is 17.7 Å². The van der Waals surface area contributed by atoms with Gasteiger partial charge >= 0.3 is 0 Å². The number of aliphatic hydroxyl groups excluding tert-OH is 1. The number of ether oxygens (including phenoxy) is 1. The van der Waals surface area contributed by atoms with Gasteiger partial charge in [-0.05, 0) is 37.5 Å². The molecule has 4 nitrogen and oxygen atoms in total. The molecule has 5 heteroatoms. The number of aliphatic hydroxyl groups is 1. The smallest absolute Gasteiger partial charge is 0.254 e. The summed E-state index contributed by atoms with van der Waals surface area (Å²) in [6, 6.07) is 7.11. The summed E-state index contributed by atoms with van der Waals surface area (Å²) in [5.41, 5.74) is 0.612. The van der Waals surface area contributed by atoms with Crippen LogP contribution in [0.15, 0.2) is 24.3 Å². The fraction of sp³-hybridized carbons (Fsp3) is 0.562. The summed E-state index contributed by atoms with van der Waals surface area (Å²) in [6.45, 7) is 1.87. The Morgan fingerprint density at radius 3 is 3.00 bits per heavy atom. The van der Waals surface area contributed by atoms with Crippen LogP contribution in [0.2, 0.25) is 5.02 Å². The van der Waals surface area contributed by atoms with Crippen molar-refractivity contribution in [2.24, 2.45) is 5.92 Å². The molecule has 2 heterocycles. The number of halogens is 1. The van der Waals surface area contributed by atoms with Crippen LogP contribution in [0.3, 0.4) is 0 Å².